The van der Waals surface area contributed by atoms with Crippen molar-refractivity contribution in [2.75, 3.05) is 20.3 Å². The van der Waals surface area contributed by atoms with Crippen LogP contribution >= 0.6 is 0 Å². The average molecular weight is 327 g/mol. The van der Waals surface area contributed by atoms with Crippen molar-refractivity contribution in [3.8, 4) is 17.2 Å². The largest absolute Gasteiger partial charge is 0.497 e. The van der Waals surface area contributed by atoms with Crippen LogP contribution in [0.1, 0.15) is 35.3 Å². The van der Waals surface area contributed by atoms with Gasteiger partial charge in [-0.1, -0.05) is 12.1 Å². The Morgan fingerprint density at radius 1 is 1.12 bits per heavy atom. The molecular weight excluding hydrogens is 306 g/mol. The average Bonchev–Trinajstić information content (AvgIpc) is 2.86. The summed E-state index contributed by atoms with van der Waals surface area (Å²) in [6.07, 6.45) is 0.867. The molecule has 24 heavy (non-hydrogen) atoms. The molecule has 1 unspecified atom stereocenters. The first-order valence-electron chi connectivity index (χ1n) is 8.02. The molecule has 5 nitrogen and oxygen atoms in total. The maximum absolute atomic E-state index is 12.4. The van der Waals surface area contributed by atoms with Gasteiger partial charge in [-0.15, -0.1) is 0 Å². The van der Waals surface area contributed by atoms with Crippen molar-refractivity contribution in [3.05, 3.63) is 53.6 Å². The fraction of sp³-hybridized carbons (Fsp3) is 0.316. The van der Waals surface area contributed by atoms with Gasteiger partial charge < -0.3 is 19.5 Å². The van der Waals surface area contributed by atoms with Crippen LogP contribution in [0.25, 0.3) is 0 Å². The van der Waals surface area contributed by atoms with E-state index in [0.29, 0.717) is 24.5 Å². The van der Waals surface area contributed by atoms with Gasteiger partial charge in [0.25, 0.3) is 5.91 Å². The minimum absolute atomic E-state index is 0.145. The van der Waals surface area contributed by atoms with E-state index < -0.39 is 0 Å². The van der Waals surface area contributed by atoms with Gasteiger partial charge in [0.2, 0.25) is 0 Å². The van der Waals surface area contributed by atoms with E-state index in [1.807, 2.05) is 31.2 Å². The third kappa shape index (κ3) is 3.62. The van der Waals surface area contributed by atoms with Crippen LogP contribution in [0.2, 0.25) is 0 Å². The molecule has 0 fully saturated rings. The Kier molecular flexibility index (Phi) is 4.89. The lowest BCUT2D eigenvalue weighted by Gasteiger charge is -2.16. The summed E-state index contributed by atoms with van der Waals surface area (Å²) < 4.78 is 16.5. The Hall–Kier alpha value is -2.69. The number of nitrogens with one attached hydrogen (secondary N) is 1. The van der Waals surface area contributed by atoms with E-state index in [2.05, 4.69) is 5.32 Å². The lowest BCUT2D eigenvalue weighted by Crippen LogP contribution is -2.26. The SMILES string of the molecule is COc1cccc(C(=O)NC(C)c2ccc3c(c2)OCCCO3)c1. The molecule has 0 saturated heterocycles. The van der Waals surface area contributed by atoms with Gasteiger partial charge in [0, 0.05) is 12.0 Å². The van der Waals surface area contributed by atoms with E-state index in [0.717, 1.165) is 23.5 Å². The van der Waals surface area contributed by atoms with Crippen LogP contribution in [-0.4, -0.2) is 26.2 Å². The molecule has 1 amide bonds. The summed E-state index contributed by atoms with van der Waals surface area (Å²) in [4.78, 5) is 12.4. The summed E-state index contributed by atoms with van der Waals surface area (Å²) in [6.45, 7) is 3.24. The second-order valence-corrected chi connectivity index (χ2v) is 5.68. The van der Waals surface area contributed by atoms with Crippen molar-refractivity contribution in [2.45, 2.75) is 19.4 Å². The van der Waals surface area contributed by atoms with Crippen LogP contribution in [-0.2, 0) is 0 Å². The first kappa shape index (κ1) is 16.2. The van der Waals surface area contributed by atoms with Crippen LogP contribution in [0.15, 0.2) is 42.5 Å². The smallest absolute Gasteiger partial charge is 0.251 e. The van der Waals surface area contributed by atoms with Gasteiger partial charge in [0.1, 0.15) is 5.75 Å². The Labute approximate surface area is 141 Å². The molecule has 1 aliphatic rings. The number of ether oxygens (including phenoxy) is 3. The quantitative estimate of drug-likeness (QED) is 0.936. The standard InChI is InChI=1S/C19H21NO4/c1-13(20-19(21)15-5-3-6-16(11-15)22-2)14-7-8-17-18(12-14)24-10-4-9-23-17/h3,5-8,11-13H,4,9-10H2,1-2H3,(H,20,21). The molecular formula is C19H21NO4. The van der Waals surface area contributed by atoms with E-state index in [4.69, 9.17) is 14.2 Å². The van der Waals surface area contributed by atoms with Crippen molar-refractivity contribution in [1.82, 2.24) is 5.32 Å². The van der Waals surface area contributed by atoms with Crippen LogP contribution in [0.4, 0.5) is 0 Å². The minimum atomic E-state index is -0.152. The molecule has 0 radical (unpaired) electrons. The number of methoxy groups -OCH3 is 1. The molecule has 3 rings (SSSR count). The predicted octanol–water partition coefficient (Wildman–Crippen LogP) is 3.35. The van der Waals surface area contributed by atoms with Crippen molar-refractivity contribution in [3.63, 3.8) is 0 Å². The van der Waals surface area contributed by atoms with Gasteiger partial charge in [0.15, 0.2) is 11.5 Å². The number of fused-ring (bicyclic) bond motifs is 1. The van der Waals surface area contributed by atoms with Crippen LogP contribution < -0.4 is 19.5 Å². The van der Waals surface area contributed by atoms with E-state index in [1.165, 1.54) is 0 Å². The molecule has 1 aliphatic heterocycles. The molecule has 0 spiro atoms. The van der Waals surface area contributed by atoms with Gasteiger partial charge >= 0.3 is 0 Å². The van der Waals surface area contributed by atoms with E-state index >= 15 is 0 Å². The summed E-state index contributed by atoms with van der Waals surface area (Å²) in [7, 11) is 1.58. The molecule has 1 atom stereocenters. The minimum Gasteiger partial charge on any atom is -0.497 e. The zero-order chi connectivity index (χ0) is 16.9. The molecule has 0 aromatic heterocycles. The zero-order valence-corrected chi connectivity index (χ0v) is 13.9. The second kappa shape index (κ2) is 7.25. The molecule has 0 aliphatic carbocycles. The number of hydrogen-bond donors (Lipinski definition) is 1. The van der Waals surface area contributed by atoms with Crippen LogP contribution in [0, 0.1) is 0 Å². The van der Waals surface area contributed by atoms with Crippen molar-refractivity contribution in [2.24, 2.45) is 0 Å². The maximum Gasteiger partial charge on any atom is 0.251 e. The molecule has 2 aromatic carbocycles. The van der Waals surface area contributed by atoms with E-state index in [9.17, 15) is 4.79 Å². The normalized spacial score (nSPS) is 14.4. The Bertz CT molecular complexity index is 729. The highest BCUT2D eigenvalue weighted by Crippen LogP contribution is 2.32. The highest BCUT2D eigenvalue weighted by molar-refractivity contribution is 5.94. The third-order valence-corrected chi connectivity index (χ3v) is 3.95. The summed E-state index contributed by atoms with van der Waals surface area (Å²) in [5.74, 6) is 1.99. The van der Waals surface area contributed by atoms with Gasteiger partial charge in [-0.2, -0.15) is 0 Å². The highest BCUT2D eigenvalue weighted by atomic mass is 16.5. The van der Waals surface area contributed by atoms with Crippen molar-refractivity contribution >= 4 is 5.91 Å². The van der Waals surface area contributed by atoms with E-state index in [-0.39, 0.29) is 11.9 Å². The zero-order valence-electron chi connectivity index (χ0n) is 13.9. The number of amides is 1. The number of hydrogen-bond acceptors (Lipinski definition) is 4. The molecule has 2 aromatic rings. The van der Waals surface area contributed by atoms with Gasteiger partial charge in [-0.3, -0.25) is 4.79 Å². The molecule has 1 heterocycles. The fourth-order valence-electron chi connectivity index (χ4n) is 2.58. The summed E-state index contributed by atoms with van der Waals surface area (Å²) in [6, 6.07) is 12.7. The molecule has 1 N–H and O–H groups in total. The van der Waals surface area contributed by atoms with Gasteiger partial charge in [-0.05, 0) is 42.8 Å². The Morgan fingerprint density at radius 3 is 2.71 bits per heavy atom. The first-order chi connectivity index (χ1) is 11.7. The predicted molar refractivity (Wildman–Crippen MR) is 90.9 cm³/mol. The number of carbonyl (C=O) groups is 1. The molecule has 0 bridgehead atoms. The van der Waals surface area contributed by atoms with E-state index in [1.54, 1.807) is 25.3 Å². The first-order valence-corrected chi connectivity index (χ1v) is 8.02. The lowest BCUT2D eigenvalue weighted by molar-refractivity contribution is 0.0939. The van der Waals surface area contributed by atoms with Crippen LogP contribution in [0.3, 0.4) is 0 Å². The summed E-state index contributed by atoms with van der Waals surface area (Å²) >= 11 is 0. The lowest BCUT2D eigenvalue weighted by atomic mass is 10.1. The molecule has 5 heteroatoms. The number of benzene rings is 2. The monoisotopic (exact) mass is 327 g/mol. The Balaban J connectivity index is 1.73. The molecule has 0 saturated carbocycles. The summed E-state index contributed by atoms with van der Waals surface area (Å²) in [5, 5.41) is 3.00. The molecule has 126 valence electrons. The second-order valence-electron chi connectivity index (χ2n) is 5.68. The van der Waals surface area contributed by atoms with Crippen molar-refractivity contribution < 1.29 is 19.0 Å². The van der Waals surface area contributed by atoms with Gasteiger partial charge in [0.05, 0.1) is 26.4 Å². The van der Waals surface area contributed by atoms with Gasteiger partial charge in [-0.25, -0.2) is 0 Å². The number of rotatable bonds is 4. The fourth-order valence-corrected chi connectivity index (χ4v) is 2.58. The maximum atomic E-state index is 12.4. The Morgan fingerprint density at radius 2 is 1.92 bits per heavy atom. The third-order valence-electron chi connectivity index (χ3n) is 3.95. The topological polar surface area (TPSA) is 56.8 Å². The van der Waals surface area contributed by atoms with Crippen molar-refractivity contribution in [1.29, 1.82) is 0 Å². The van der Waals surface area contributed by atoms with Crippen LogP contribution in [0.5, 0.6) is 17.2 Å². The summed E-state index contributed by atoms with van der Waals surface area (Å²) in [5.41, 5.74) is 1.53. The highest BCUT2D eigenvalue weighted by Gasteiger charge is 2.16. The number of carbonyl (C=O) groups excluding carboxylic acids is 1.